The van der Waals surface area contributed by atoms with E-state index in [1.807, 2.05) is 32.0 Å². The third kappa shape index (κ3) is 3.87. The molecule has 1 unspecified atom stereocenters. The van der Waals surface area contributed by atoms with E-state index in [0.717, 1.165) is 43.5 Å². The molecule has 2 atom stereocenters. The SMILES string of the molecule is CCOc1ccc(-c2nc(-c3cccc4c3CCC4N3CC[C@@H](O)C3)no2)cc1OCC. The van der Waals surface area contributed by atoms with E-state index in [1.165, 1.54) is 11.1 Å². The fraction of sp³-hybridized carbons (Fsp3) is 0.440. The molecule has 32 heavy (non-hydrogen) atoms. The van der Waals surface area contributed by atoms with E-state index in [4.69, 9.17) is 19.0 Å². The standard InChI is InChI=1S/C25H29N3O4/c1-3-30-22-11-8-16(14-23(22)31-4-2)25-26-24(27-32-25)20-7-5-6-19-18(20)9-10-21(19)28-13-12-17(29)15-28/h5-8,11,14,17,21,29H,3-4,9-10,12-13,15H2,1-2H3/t17-,21?/m1/s1. The summed E-state index contributed by atoms with van der Waals surface area (Å²) in [4.78, 5) is 7.11. The first-order chi connectivity index (χ1) is 15.7. The van der Waals surface area contributed by atoms with Gasteiger partial charge in [-0.25, -0.2) is 0 Å². The van der Waals surface area contributed by atoms with Crippen molar-refractivity contribution < 1.29 is 19.1 Å². The molecule has 0 spiro atoms. The zero-order valence-electron chi connectivity index (χ0n) is 18.6. The lowest BCUT2D eigenvalue weighted by Crippen LogP contribution is -2.26. The summed E-state index contributed by atoms with van der Waals surface area (Å²) >= 11 is 0. The Morgan fingerprint density at radius 1 is 1.09 bits per heavy atom. The second-order valence-corrected chi connectivity index (χ2v) is 8.32. The number of hydrogen-bond acceptors (Lipinski definition) is 7. The monoisotopic (exact) mass is 435 g/mol. The van der Waals surface area contributed by atoms with Gasteiger partial charge in [-0.3, -0.25) is 4.90 Å². The van der Waals surface area contributed by atoms with Crippen LogP contribution < -0.4 is 9.47 Å². The molecule has 7 nitrogen and oxygen atoms in total. The average Bonchev–Trinajstić information content (AvgIpc) is 3.54. The number of β-amino-alcohol motifs (C(OH)–C–C–N with tert-alkyl or cyclic N) is 1. The molecule has 2 aliphatic rings. The summed E-state index contributed by atoms with van der Waals surface area (Å²) in [7, 11) is 0. The van der Waals surface area contributed by atoms with E-state index in [2.05, 4.69) is 28.3 Å². The first kappa shape index (κ1) is 21.0. The highest BCUT2D eigenvalue weighted by Crippen LogP contribution is 2.41. The van der Waals surface area contributed by atoms with E-state index < -0.39 is 0 Å². The Morgan fingerprint density at radius 2 is 1.94 bits per heavy atom. The van der Waals surface area contributed by atoms with Crippen molar-refractivity contribution in [1.82, 2.24) is 15.0 Å². The van der Waals surface area contributed by atoms with Crippen LogP contribution in [0.3, 0.4) is 0 Å². The van der Waals surface area contributed by atoms with Gasteiger partial charge in [-0.1, -0.05) is 23.4 Å². The summed E-state index contributed by atoms with van der Waals surface area (Å²) in [6, 6.07) is 12.4. The van der Waals surface area contributed by atoms with Crippen LogP contribution in [-0.4, -0.2) is 52.6 Å². The highest BCUT2D eigenvalue weighted by molar-refractivity contribution is 5.67. The van der Waals surface area contributed by atoms with Crippen LogP contribution >= 0.6 is 0 Å². The number of ether oxygens (including phenoxy) is 2. The summed E-state index contributed by atoms with van der Waals surface area (Å²) in [5, 5.41) is 14.3. The molecular formula is C25H29N3O4. The second kappa shape index (κ2) is 8.92. The van der Waals surface area contributed by atoms with Gasteiger partial charge in [0.2, 0.25) is 5.82 Å². The maximum atomic E-state index is 9.96. The third-order valence-corrected chi connectivity index (χ3v) is 6.33. The van der Waals surface area contributed by atoms with Crippen LogP contribution in [0.2, 0.25) is 0 Å². The van der Waals surface area contributed by atoms with E-state index in [9.17, 15) is 5.11 Å². The van der Waals surface area contributed by atoms with Crippen molar-refractivity contribution in [1.29, 1.82) is 0 Å². The quantitative estimate of drug-likeness (QED) is 0.594. The molecule has 0 saturated carbocycles. The number of fused-ring (bicyclic) bond motifs is 1. The minimum Gasteiger partial charge on any atom is -0.490 e. The molecule has 2 aromatic carbocycles. The average molecular weight is 436 g/mol. The van der Waals surface area contributed by atoms with E-state index in [0.29, 0.717) is 42.5 Å². The fourth-order valence-electron chi connectivity index (χ4n) is 4.91. The first-order valence-corrected chi connectivity index (χ1v) is 11.5. The van der Waals surface area contributed by atoms with Crippen molar-refractivity contribution in [3.05, 3.63) is 47.5 Å². The topological polar surface area (TPSA) is 80.9 Å². The maximum Gasteiger partial charge on any atom is 0.258 e. The van der Waals surface area contributed by atoms with Gasteiger partial charge in [0, 0.05) is 30.3 Å². The minimum absolute atomic E-state index is 0.210. The molecule has 7 heteroatoms. The van der Waals surface area contributed by atoms with E-state index in [-0.39, 0.29) is 6.10 Å². The van der Waals surface area contributed by atoms with Crippen molar-refractivity contribution in [3.8, 4) is 34.3 Å². The Morgan fingerprint density at radius 3 is 2.72 bits per heavy atom. The van der Waals surface area contributed by atoms with Gasteiger partial charge in [-0.2, -0.15) is 4.98 Å². The number of aliphatic hydroxyl groups excluding tert-OH is 1. The molecule has 1 aliphatic carbocycles. The molecule has 0 radical (unpaired) electrons. The van der Waals surface area contributed by atoms with Gasteiger partial charge in [0.05, 0.1) is 19.3 Å². The van der Waals surface area contributed by atoms with Crippen LogP contribution in [0.4, 0.5) is 0 Å². The molecule has 1 saturated heterocycles. The van der Waals surface area contributed by atoms with Crippen molar-refractivity contribution in [2.24, 2.45) is 0 Å². The molecule has 1 aliphatic heterocycles. The van der Waals surface area contributed by atoms with Crippen LogP contribution in [0.1, 0.15) is 43.9 Å². The molecule has 168 valence electrons. The number of rotatable bonds is 7. The molecular weight excluding hydrogens is 406 g/mol. The number of nitrogens with zero attached hydrogens (tertiary/aromatic N) is 3. The fourth-order valence-corrected chi connectivity index (χ4v) is 4.91. The largest absolute Gasteiger partial charge is 0.490 e. The molecule has 0 bridgehead atoms. The molecule has 1 N–H and O–H groups in total. The lowest BCUT2D eigenvalue weighted by Gasteiger charge is -2.24. The van der Waals surface area contributed by atoms with Crippen molar-refractivity contribution in [3.63, 3.8) is 0 Å². The van der Waals surface area contributed by atoms with Gasteiger partial charge in [0.1, 0.15) is 0 Å². The van der Waals surface area contributed by atoms with E-state index in [1.54, 1.807) is 0 Å². The lowest BCUT2D eigenvalue weighted by atomic mass is 10.0. The highest BCUT2D eigenvalue weighted by Gasteiger charge is 2.34. The summed E-state index contributed by atoms with van der Waals surface area (Å²) in [6.45, 7) is 6.70. The Kier molecular flexibility index (Phi) is 5.85. The van der Waals surface area contributed by atoms with Gasteiger partial charge in [0.25, 0.3) is 5.89 Å². The lowest BCUT2D eigenvalue weighted by molar-refractivity contribution is 0.159. The van der Waals surface area contributed by atoms with Gasteiger partial charge >= 0.3 is 0 Å². The van der Waals surface area contributed by atoms with Crippen molar-refractivity contribution in [2.45, 2.75) is 45.3 Å². The molecule has 0 amide bonds. The normalized spacial score (nSPS) is 20.5. The number of hydrogen-bond donors (Lipinski definition) is 1. The Bertz CT molecular complexity index is 1100. The van der Waals surface area contributed by atoms with Crippen LogP contribution in [-0.2, 0) is 6.42 Å². The first-order valence-electron chi connectivity index (χ1n) is 11.5. The van der Waals surface area contributed by atoms with Crippen molar-refractivity contribution in [2.75, 3.05) is 26.3 Å². The Balaban J connectivity index is 1.44. The van der Waals surface area contributed by atoms with Crippen LogP contribution in [0.15, 0.2) is 40.9 Å². The number of benzene rings is 2. The van der Waals surface area contributed by atoms with Gasteiger partial charge in [-0.15, -0.1) is 0 Å². The highest BCUT2D eigenvalue weighted by atomic mass is 16.5. The molecule has 1 fully saturated rings. The summed E-state index contributed by atoms with van der Waals surface area (Å²) < 4.78 is 17.0. The van der Waals surface area contributed by atoms with Crippen LogP contribution in [0.25, 0.3) is 22.8 Å². The molecule has 3 aromatic rings. The van der Waals surface area contributed by atoms with Gasteiger partial charge in [-0.05, 0) is 62.4 Å². The minimum atomic E-state index is -0.210. The Labute approximate surface area is 188 Å². The summed E-state index contributed by atoms with van der Waals surface area (Å²) in [5.41, 5.74) is 4.43. The third-order valence-electron chi connectivity index (χ3n) is 6.33. The van der Waals surface area contributed by atoms with Crippen molar-refractivity contribution >= 4 is 0 Å². The number of aromatic nitrogens is 2. The molecule has 5 rings (SSSR count). The second-order valence-electron chi connectivity index (χ2n) is 8.32. The predicted molar refractivity (Wildman–Crippen MR) is 121 cm³/mol. The molecule has 1 aromatic heterocycles. The van der Waals surface area contributed by atoms with Gasteiger partial charge in [0.15, 0.2) is 11.5 Å². The number of aliphatic hydroxyl groups is 1. The zero-order chi connectivity index (χ0) is 22.1. The molecule has 2 heterocycles. The van der Waals surface area contributed by atoms with Crippen LogP contribution in [0, 0.1) is 0 Å². The Hall–Kier alpha value is -2.90. The van der Waals surface area contributed by atoms with E-state index >= 15 is 0 Å². The van der Waals surface area contributed by atoms with Crippen LogP contribution in [0.5, 0.6) is 11.5 Å². The predicted octanol–water partition coefficient (Wildman–Crippen LogP) is 4.25. The summed E-state index contributed by atoms with van der Waals surface area (Å²) in [6.07, 6.45) is 2.67. The zero-order valence-corrected chi connectivity index (χ0v) is 18.6. The maximum absolute atomic E-state index is 9.96. The number of likely N-dealkylation sites (tertiary alicyclic amines) is 1. The summed E-state index contributed by atoms with van der Waals surface area (Å²) in [5.74, 6) is 2.43. The van der Waals surface area contributed by atoms with Gasteiger partial charge < -0.3 is 19.1 Å². The smallest absolute Gasteiger partial charge is 0.258 e.